The minimum Gasteiger partial charge on any atom is -0.346 e. The molecule has 202 valence electrons. The Kier molecular flexibility index (Phi) is 7.78. The number of alkyl halides is 3. The zero-order valence-corrected chi connectivity index (χ0v) is 22.2. The predicted octanol–water partition coefficient (Wildman–Crippen LogP) is 5.23. The lowest BCUT2D eigenvalue weighted by atomic mass is 10.1. The molecule has 0 aliphatic heterocycles. The number of anilines is 3. The molecule has 2 N–H and O–H groups in total. The maximum Gasteiger partial charge on any atom is 0.416 e. The lowest BCUT2D eigenvalue weighted by molar-refractivity contribution is -0.138. The molecule has 0 fully saturated rings. The topological polar surface area (TPSA) is 77.8 Å². The van der Waals surface area contributed by atoms with Crippen LogP contribution in [0.5, 0.6) is 0 Å². The van der Waals surface area contributed by atoms with Crippen molar-refractivity contribution in [1.29, 1.82) is 0 Å². The fourth-order valence-corrected chi connectivity index (χ4v) is 3.80. The van der Waals surface area contributed by atoms with Crippen LogP contribution >= 0.6 is 0 Å². The van der Waals surface area contributed by atoms with Gasteiger partial charge >= 0.3 is 12.2 Å². The van der Waals surface area contributed by atoms with Crippen molar-refractivity contribution < 1.29 is 18.0 Å². The van der Waals surface area contributed by atoms with Crippen molar-refractivity contribution in [3.8, 4) is 11.8 Å². The average molecular weight is 536 g/mol. The van der Waals surface area contributed by atoms with E-state index in [1.807, 2.05) is 44.1 Å². The van der Waals surface area contributed by atoms with E-state index < -0.39 is 17.8 Å². The van der Waals surface area contributed by atoms with Crippen LogP contribution in [0.1, 0.15) is 27.8 Å². The summed E-state index contributed by atoms with van der Waals surface area (Å²) in [5.41, 5.74) is 2.83. The number of aromatic nitrogens is 3. The molecule has 2 amide bonds. The fraction of sp³-hybridized carbons (Fsp3) is 0.250. The Labute approximate surface area is 224 Å². The lowest BCUT2D eigenvalue weighted by Gasteiger charge is -2.18. The molecule has 8 nitrogen and oxygen atoms in total. The maximum absolute atomic E-state index is 13.6. The van der Waals surface area contributed by atoms with Crippen LogP contribution in [0.25, 0.3) is 5.65 Å². The summed E-state index contributed by atoms with van der Waals surface area (Å²) in [6.07, 6.45) is -2.76. The van der Waals surface area contributed by atoms with Gasteiger partial charge in [-0.2, -0.15) is 18.2 Å². The molecule has 2 aromatic heterocycles. The first-order valence-electron chi connectivity index (χ1n) is 12.0. The molecular weight excluding hydrogens is 507 g/mol. The number of carbonyl (C=O) groups excluding carboxylic acids is 1. The van der Waals surface area contributed by atoms with Crippen molar-refractivity contribution >= 4 is 29.0 Å². The van der Waals surface area contributed by atoms with E-state index in [-0.39, 0.29) is 17.8 Å². The highest BCUT2D eigenvalue weighted by molar-refractivity contribution is 6.00. The number of nitrogens with zero attached hydrogens (tertiary/aromatic N) is 5. The predicted molar refractivity (Wildman–Crippen MR) is 146 cm³/mol. The van der Waals surface area contributed by atoms with Gasteiger partial charge in [0.05, 0.1) is 5.56 Å². The Hall–Kier alpha value is -4.56. The molecule has 0 atom stereocenters. The second kappa shape index (κ2) is 11.0. The highest BCUT2D eigenvalue weighted by Gasteiger charge is 2.33. The summed E-state index contributed by atoms with van der Waals surface area (Å²) in [5, 5.41) is 9.52. The number of amides is 2. The summed E-state index contributed by atoms with van der Waals surface area (Å²) < 4.78 is 42.4. The van der Waals surface area contributed by atoms with Gasteiger partial charge in [0.25, 0.3) is 0 Å². The number of hydrogen-bond acceptors (Lipinski definition) is 5. The van der Waals surface area contributed by atoms with Gasteiger partial charge in [-0.3, -0.25) is 0 Å². The molecule has 39 heavy (non-hydrogen) atoms. The quantitative estimate of drug-likeness (QED) is 0.343. The zero-order valence-electron chi connectivity index (χ0n) is 22.2. The summed E-state index contributed by atoms with van der Waals surface area (Å²) in [6.45, 7) is 2.02. The molecule has 0 aliphatic rings. The van der Waals surface area contributed by atoms with Crippen LogP contribution in [0.2, 0.25) is 0 Å². The fourth-order valence-electron chi connectivity index (χ4n) is 3.80. The number of benzene rings is 2. The minimum atomic E-state index is -4.54. The second-order valence-electron chi connectivity index (χ2n) is 9.49. The Morgan fingerprint density at radius 1 is 0.974 bits per heavy atom. The molecule has 0 spiro atoms. The normalized spacial score (nSPS) is 11.3. The number of urea groups is 1. The maximum atomic E-state index is 13.6. The summed E-state index contributed by atoms with van der Waals surface area (Å²) in [7, 11) is 7.11. The molecule has 0 saturated heterocycles. The molecule has 0 unspecified atom stereocenters. The molecule has 11 heteroatoms. The Morgan fingerprint density at radius 2 is 1.67 bits per heavy atom. The first-order valence-corrected chi connectivity index (χ1v) is 12.0. The van der Waals surface area contributed by atoms with Crippen LogP contribution in [0.15, 0.2) is 54.7 Å². The first-order chi connectivity index (χ1) is 18.4. The van der Waals surface area contributed by atoms with Crippen LogP contribution in [0.3, 0.4) is 0 Å². The van der Waals surface area contributed by atoms with Crippen LogP contribution in [-0.4, -0.2) is 53.7 Å². The van der Waals surface area contributed by atoms with Gasteiger partial charge in [-0.15, -0.1) is 5.10 Å². The number of carbonyl (C=O) groups is 1. The van der Waals surface area contributed by atoms with E-state index in [2.05, 4.69) is 32.6 Å². The third-order valence-electron chi connectivity index (χ3n) is 5.72. The van der Waals surface area contributed by atoms with Gasteiger partial charge in [-0.05, 0) is 68.5 Å². The van der Waals surface area contributed by atoms with Gasteiger partial charge < -0.3 is 20.4 Å². The van der Waals surface area contributed by atoms with Gasteiger partial charge in [0.15, 0.2) is 5.65 Å². The van der Waals surface area contributed by atoms with Gasteiger partial charge in [0, 0.05) is 49.3 Å². The average Bonchev–Trinajstić information content (AvgIpc) is 3.28. The van der Waals surface area contributed by atoms with E-state index in [9.17, 15) is 18.0 Å². The monoisotopic (exact) mass is 535 g/mol. The van der Waals surface area contributed by atoms with E-state index in [1.165, 1.54) is 12.1 Å². The molecule has 0 radical (unpaired) electrons. The summed E-state index contributed by atoms with van der Waals surface area (Å²) >= 11 is 0. The molecule has 2 aromatic carbocycles. The molecule has 0 bridgehead atoms. The minimum absolute atomic E-state index is 0.0377. The Morgan fingerprint density at radius 3 is 2.33 bits per heavy atom. The van der Waals surface area contributed by atoms with Crippen molar-refractivity contribution in [2.45, 2.75) is 19.6 Å². The van der Waals surface area contributed by atoms with Gasteiger partial charge in [-0.25, -0.2) is 9.31 Å². The number of rotatable bonds is 5. The third-order valence-corrected chi connectivity index (χ3v) is 5.72. The number of nitrogens with one attached hydrogen (secondary N) is 2. The van der Waals surface area contributed by atoms with E-state index in [0.717, 1.165) is 17.2 Å². The largest absolute Gasteiger partial charge is 0.416 e. The molecule has 4 rings (SSSR count). The smallest absolute Gasteiger partial charge is 0.346 e. The highest BCUT2D eigenvalue weighted by Crippen LogP contribution is 2.34. The van der Waals surface area contributed by atoms with Crippen LogP contribution in [0, 0.1) is 18.8 Å². The summed E-state index contributed by atoms with van der Waals surface area (Å²) in [4.78, 5) is 20.5. The van der Waals surface area contributed by atoms with Gasteiger partial charge in [0.1, 0.15) is 0 Å². The van der Waals surface area contributed by atoms with Crippen LogP contribution < -0.4 is 15.5 Å². The van der Waals surface area contributed by atoms with Gasteiger partial charge in [-0.1, -0.05) is 24.0 Å². The molecule has 4 aromatic rings. The first kappa shape index (κ1) is 27.5. The number of halogens is 3. The second-order valence-corrected chi connectivity index (χ2v) is 9.49. The van der Waals surface area contributed by atoms with E-state index >= 15 is 0 Å². The van der Waals surface area contributed by atoms with E-state index in [1.54, 1.807) is 41.8 Å². The molecule has 2 heterocycles. The highest BCUT2D eigenvalue weighted by atomic mass is 19.4. The molecular formula is C28H28F3N7O. The standard InChI is InChI=1S/C28H28F3N7O/c1-18-6-10-22(15-20(18)8-7-19-12-13-38-25(14-19)34-26(35-38)37(4)5)32-27(39)33-23-11-9-21(17-36(2)3)24(16-23)28(29,30)31/h6,9-16H,17H2,1-5H3,(H2,32,33,39). The number of aryl methyl sites for hydroxylation is 1. The number of hydrogen-bond donors (Lipinski definition) is 2. The lowest BCUT2D eigenvalue weighted by Crippen LogP contribution is -2.21. The van der Waals surface area contributed by atoms with Crippen molar-refractivity contribution in [1.82, 2.24) is 19.5 Å². The molecule has 0 saturated carbocycles. The van der Waals surface area contributed by atoms with Crippen molar-refractivity contribution in [2.75, 3.05) is 43.7 Å². The SMILES string of the molecule is Cc1ccc(NC(=O)Nc2ccc(CN(C)C)c(C(F)(F)F)c2)cc1C#Cc1ccn2nc(N(C)C)nc2c1. The number of pyridine rings is 1. The van der Waals surface area contributed by atoms with Crippen LogP contribution in [-0.2, 0) is 12.7 Å². The van der Waals surface area contributed by atoms with Gasteiger partial charge in [0.2, 0.25) is 5.95 Å². The van der Waals surface area contributed by atoms with E-state index in [4.69, 9.17) is 0 Å². The van der Waals surface area contributed by atoms with E-state index in [0.29, 0.717) is 22.8 Å². The van der Waals surface area contributed by atoms with Crippen molar-refractivity contribution in [3.05, 3.63) is 82.5 Å². The Bertz CT molecular complexity index is 1580. The van der Waals surface area contributed by atoms with Crippen molar-refractivity contribution in [3.63, 3.8) is 0 Å². The molecule has 0 aliphatic carbocycles. The summed E-state index contributed by atoms with van der Waals surface area (Å²) in [6, 6.07) is 12.0. The zero-order chi connectivity index (χ0) is 28.3. The number of fused-ring (bicyclic) bond motifs is 1. The van der Waals surface area contributed by atoms with Crippen molar-refractivity contribution in [2.24, 2.45) is 0 Å². The Balaban J connectivity index is 1.50. The van der Waals surface area contributed by atoms with Crippen LogP contribution in [0.4, 0.5) is 35.3 Å². The third kappa shape index (κ3) is 6.86. The summed E-state index contributed by atoms with van der Waals surface area (Å²) in [5.74, 6) is 6.81.